The number of likely N-dealkylation sites (N-methyl/N-ethyl adjacent to an activating group) is 1. The average molecular weight is 738 g/mol. The van der Waals surface area contributed by atoms with Crippen LogP contribution in [-0.2, 0) is 11.3 Å². The maximum atomic E-state index is 17.4. The minimum absolute atomic E-state index is 0.0743. The molecule has 276 valence electrons. The monoisotopic (exact) mass is 737 g/mol. The maximum absolute atomic E-state index is 17.4. The fraction of sp³-hybridized carbons (Fsp3) is 0.405. The van der Waals surface area contributed by atoms with Gasteiger partial charge in [0.1, 0.15) is 35.9 Å². The number of benzene rings is 4. The van der Waals surface area contributed by atoms with Crippen molar-refractivity contribution in [3.05, 3.63) is 89.2 Å². The van der Waals surface area contributed by atoms with Crippen LogP contribution < -0.4 is 14.4 Å². The lowest BCUT2D eigenvalue weighted by molar-refractivity contribution is 0.0122. The zero-order valence-electron chi connectivity index (χ0n) is 30.6. The number of ether oxygens (including phenoxy) is 3. The molecular weight excluding hydrogens is 693 g/mol. The molecule has 4 aromatic carbocycles. The van der Waals surface area contributed by atoms with Gasteiger partial charge in [0, 0.05) is 30.1 Å². The van der Waals surface area contributed by atoms with Crippen LogP contribution in [0.25, 0.3) is 32.8 Å². The van der Waals surface area contributed by atoms with E-state index in [1.165, 1.54) is 0 Å². The Morgan fingerprint density at radius 3 is 2.38 bits per heavy atom. The summed E-state index contributed by atoms with van der Waals surface area (Å²) in [5, 5.41) is 2.47. The van der Waals surface area contributed by atoms with Crippen LogP contribution >= 0.6 is 11.6 Å². The Balaban J connectivity index is 1.21. The molecule has 3 saturated heterocycles. The number of piperazine rings is 1. The second-order valence-electron chi connectivity index (χ2n) is 15.5. The number of nitrogens with zero attached hydrogens (tertiary/aromatic N) is 5. The van der Waals surface area contributed by atoms with Crippen molar-refractivity contribution < 1.29 is 23.4 Å². The number of carbonyl (C=O) groups excluding carboxylic acids is 1. The first-order valence-electron chi connectivity index (χ1n) is 18.5. The number of rotatable bonds is 8. The second kappa shape index (κ2) is 14.3. The number of fused-ring (bicyclic) bond motifs is 4. The molecule has 4 heterocycles. The first-order valence-corrected chi connectivity index (χ1v) is 18.9. The SMILES string of the molecule is CN1CCC[C@H]1COc1nc(N2C[C@H]3CC[C@@H](C2)N3C(=O)OC(C)(C)C)c2cc(Cl)c(-c3cc(OCc4ccccc4)cc4ccccc34)c(F)c2n1. The van der Waals surface area contributed by atoms with Gasteiger partial charge < -0.3 is 24.0 Å². The number of likely N-dealkylation sites (tertiary alicyclic amines) is 1. The Kier molecular flexibility index (Phi) is 9.53. The summed E-state index contributed by atoms with van der Waals surface area (Å²) < 4.78 is 35.7. The van der Waals surface area contributed by atoms with Crippen LogP contribution in [0.5, 0.6) is 11.8 Å². The van der Waals surface area contributed by atoms with Crippen LogP contribution in [0.2, 0.25) is 5.02 Å². The summed E-state index contributed by atoms with van der Waals surface area (Å²) in [6.07, 6.45) is 3.49. The molecule has 0 radical (unpaired) electrons. The number of halogens is 2. The number of amides is 1. The van der Waals surface area contributed by atoms with E-state index in [1.54, 1.807) is 6.07 Å². The van der Waals surface area contributed by atoms with Crippen molar-refractivity contribution in [1.29, 1.82) is 0 Å². The van der Waals surface area contributed by atoms with Gasteiger partial charge in [-0.1, -0.05) is 66.2 Å². The topological polar surface area (TPSA) is 80.3 Å². The Labute approximate surface area is 314 Å². The number of anilines is 1. The van der Waals surface area contributed by atoms with E-state index in [0.717, 1.165) is 48.6 Å². The second-order valence-corrected chi connectivity index (χ2v) is 15.9. The summed E-state index contributed by atoms with van der Waals surface area (Å²) in [6, 6.07) is 23.5. The van der Waals surface area contributed by atoms with E-state index in [0.29, 0.717) is 48.8 Å². The molecule has 1 amide bonds. The molecule has 5 aromatic rings. The molecule has 3 fully saturated rings. The van der Waals surface area contributed by atoms with Gasteiger partial charge in [-0.05, 0) is 100 Å². The molecule has 9 nitrogen and oxygen atoms in total. The summed E-state index contributed by atoms with van der Waals surface area (Å²) in [6.45, 7) is 8.42. The molecule has 0 aliphatic carbocycles. The third-order valence-electron chi connectivity index (χ3n) is 10.7. The van der Waals surface area contributed by atoms with E-state index in [4.69, 9.17) is 35.8 Å². The number of hydrogen-bond donors (Lipinski definition) is 0. The highest BCUT2D eigenvalue weighted by Gasteiger charge is 2.45. The van der Waals surface area contributed by atoms with E-state index in [2.05, 4.69) is 16.8 Å². The molecule has 3 aliphatic rings. The number of carbonyl (C=O) groups is 1. The van der Waals surface area contributed by atoms with Gasteiger partial charge in [-0.3, -0.25) is 4.90 Å². The van der Waals surface area contributed by atoms with E-state index >= 15 is 4.39 Å². The minimum atomic E-state index is -0.596. The summed E-state index contributed by atoms with van der Waals surface area (Å²) in [7, 11) is 2.09. The molecule has 0 spiro atoms. The minimum Gasteiger partial charge on any atom is -0.489 e. The molecule has 2 bridgehead atoms. The Bertz CT molecular complexity index is 2150. The molecule has 8 rings (SSSR count). The molecular formula is C42H45ClFN5O4. The molecule has 0 saturated carbocycles. The van der Waals surface area contributed by atoms with Gasteiger partial charge in [0.05, 0.1) is 17.1 Å². The summed E-state index contributed by atoms with van der Waals surface area (Å²) in [4.78, 5) is 29.2. The summed E-state index contributed by atoms with van der Waals surface area (Å²) in [5.74, 6) is 0.590. The van der Waals surface area contributed by atoms with Gasteiger partial charge in [-0.25, -0.2) is 9.18 Å². The highest BCUT2D eigenvalue weighted by molar-refractivity contribution is 6.35. The molecule has 0 N–H and O–H groups in total. The number of aromatic nitrogens is 2. The quantitative estimate of drug-likeness (QED) is 0.156. The summed E-state index contributed by atoms with van der Waals surface area (Å²) >= 11 is 7.12. The van der Waals surface area contributed by atoms with Crippen LogP contribution in [0.3, 0.4) is 0 Å². The van der Waals surface area contributed by atoms with Gasteiger partial charge >= 0.3 is 12.1 Å². The largest absolute Gasteiger partial charge is 0.489 e. The molecule has 1 aromatic heterocycles. The third-order valence-corrected chi connectivity index (χ3v) is 11.0. The lowest BCUT2D eigenvalue weighted by Gasteiger charge is -2.42. The first kappa shape index (κ1) is 35.4. The van der Waals surface area contributed by atoms with Crippen LogP contribution in [0.15, 0.2) is 72.8 Å². The zero-order valence-corrected chi connectivity index (χ0v) is 31.4. The molecule has 3 aliphatic heterocycles. The Morgan fingerprint density at radius 2 is 1.66 bits per heavy atom. The van der Waals surface area contributed by atoms with Crippen LogP contribution in [0, 0.1) is 5.82 Å². The molecule has 0 unspecified atom stereocenters. The number of hydrogen-bond acceptors (Lipinski definition) is 8. The molecule has 53 heavy (non-hydrogen) atoms. The Morgan fingerprint density at radius 1 is 0.925 bits per heavy atom. The van der Waals surface area contributed by atoms with Crippen molar-refractivity contribution >= 4 is 45.2 Å². The highest BCUT2D eigenvalue weighted by Crippen LogP contribution is 2.44. The van der Waals surface area contributed by atoms with Crippen LogP contribution in [0.1, 0.15) is 52.0 Å². The van der Waals surface area contributed by atoms with E-state index in [9.17, 15) is 4.79 Å². The van der Waals surface area contributed by atoms with Crippen LogP contribution in [0.4, 0.5) is 15.0 Å². The normalized spacial score (nSPS) is 20.4. The predicted molar refractivity (Wildman–Crippen MR) is 206 cm³/mol. The lowest BCUT2D eigenvalue weighted by Crippen LogP contribution is -2.57. The fourth-order valence-electron chi connectivity index (χ4n) is 8.08. The Hall–Kier alpha value is -4.67. The van der Waals surface area contributed by atoms with Crippen molar-refractivity contribution in [3.63, 3.8) is 0 Å². The van der Waals surface area contributed by atoms with Gasteiger partial charge in [-0.15, -0.1) is 0 Å². The first-order chi connectivity index (χ1) is 25.5. The van der Waals surface area contributed by atoms with E-state index < -0.39 is 11.4 Å². The highest BCUT2D eigenvalue weighted by atomic mass is 35.5. The van der Waals surface area contributed by atoms with Crippen molar-refractivity contribution in [1.82, 2.24) is 19.8 Å². The molecule has 3 atom stereocenters. The van der Waals surface area contributed by atoms with E-state index in [-0.39, 0.29) is 46.3 Å². The van der Waals surface area contributed by atoms with Crippen LogP contribution in [-0.4, -0.2) is 82.9 Å². The smallest absolute Gasteiger partial charge is 0.410 e. The fourth-order valence-corrected chi connectivity index (χ4v) is 8.37. The third kappa shape index (κ3) is 7.19. The van der Waals surface area contributed by atoms with Crippen molar-refractivity contribution in [2.75, 3.05) is 38.2 Å². The van der Waals surface area contributed by atoms with Gasteiger partial charge in [0.25, 0.3) is 0 Å². The van der Waals surface area contributed by atoms with Gasteiger partial charge in [0.15, 0.2) is 5.82 Å². The van der Waals surface area contributed by atoms with E-state index in [1.807, 2.05) is 92.4 Å². The maximum Gasteiger partial charge on any atom is 0.410 e. The van der Waals surface area contributed by atoms with Gasteiger partial charge in [0.2, 0.25) is 0 Å². The zero-order chi connectivity index (χ0) is 36.9. The summed E-state index contributed by atoms with van der Waals surface area (Å²) in [5.41, 5.74) is 1.40. The molecule has 11 heteroatoms. The predicted octanol–water partition coefficient (Wildman–Crippen LogP) is 8.88. The van der Waals surface area contributed by atoms with Crippen molar-refractivity contribution in [3.8, 4) is 22.9 Å². The van der Waals surface area contributed by atoms with Gasteiger partial charge in [-0.2, -0.15) is 9.97 Å². The average Bonchev–Trinajstić information content (AvgIpc) is 3.67. The lowest BCUT2D eigenvalue weighted by atomic mass is 9.96. The van der Waals surface area contributed by atoms with Crippen molar-refractivity contribution in [2.45, 2.75) is 76.8 Å². The van der Waals surface area contributed by atoms with Crippen molar-refractivity contribution in [2.24, 2.45) is 0 Å². The standard InChI is InChI=1S/C42H45ClFN5O4/c1-42(2,3)53-41(50)49-28-16-17-29(49)23-48(22-28)39-34-21-35(43)36(37(44)38(34)45-40(46-39)52-25-30-14-10-18-47(30)4)33-20-31(19-27-13-8-9-15-32(27)33)51-24-26-11-6-5-7-12-26/h5-9,11-13,15,19-21,28-30H,10,14,16-18,22-25H2,1-4H3/t28-,29+,30-/m0/s1.